The van der Waals surface area contributed by atoms with Crippen molar-refractivity contribution in [2.45, 2.75) is 33.2 Å². The number of rotatable bonds is 8. The fourth-order valence-electron chi connectivity index (χ4n) is 3.94. The minimum absolute atomic E-state index is 0.206. The van der Waals surface area contributed by atoms with Crippen molar-refractivity contribution in [3.8, 4) is 0 Å². The van der Waals surface area contributed by atoms with Crippen LogP contribution in [0.4, 0.5) is 17.1 Å². The maximum Gasteiger partial charge on any atom is 0.0894 e. The zero-order valence-corrected chi connectivity index (χ0v) is 20.1. The topological polar surface area (TPSA) is 48.8 Å². The van der Waals surface area contributed by atoms with Gasteiger partial charge in [-0.3, -0.25) is 4.99 Å². The molecule has 0 aliphatic heterocycles. The summed E-state index contributed by atoms with van der Waals surface area (Å²) in [6.45, 7) is 6.65. The van der Waals surface area contributed by atoms with Crippen LogP contribution in [-0.4, -0.2) is 17.5 Å². The number of hydrogen-bond acceptors (Lipinski definition) is 4. The number of nitrogens with zero attached hydrogens (tertiary/aromatic N) is 2. The van der Waals surface area contributed by atoms with Gasteiger partial charge in [-0.1, -0.05) is 68.4 Å². The average Bonchev–Trinajstić information content (AvgIpc) is 2.83. The van der Waals surface area contributed by atoms with Gasteiger partial charge in [-0.25, -0.2) is 4.99 Å². The second-order valence-electron chi connectivity index (χ2n) is 8.92. The Morgan fingerprint density at radius 3 is 1.62 bits per heavy atom. The summed E-state index contributed by atoms with van der Waals surface area (Å²) >= 11 is 0. The van der Waals surface area contributed by atoms with Crippen LogP contribution in [0.3, 0.4) is 0 Å². The molecule has 0 amide bonds. The minimum atomic E-state index is 0.206. The van der Waals surface area contributed by atoms with E-state index >= 15 is 0 Å². The highest BCUT2D eigenvalue weighted by molar-refractivity contribution is 6.26. The molecule has 4 nitrogen and oxygen atoms in total. The van der Waals surface area contributed by atoms with E-state index < -0.39 is 0 Å². The lowest BCUT2D eigenvalue weighted by atomic mass is 10.0. The van der Waals surface area contributed by atoms with Gasteiger partial charge in [-0.2, -0.15) is 0 Å². The Bertz CT molecular complexity index is 1190. The molecule has 1 aliphatic rings. The van der Waals surface area contributed by atoms with Gasteiger partial charge in [0.2, 0.25) is 0 Å². The van der Waals surface area contributed by atoms with Crippen LogP contribution in [0, 0.1) is 5.92 Å². The first kappa shape index (κ1) is 23.2. The number of benzene rings is 3. The van der Waals surface area contributed by atoms with Crippen molar-refractivity contribution in [3.63, 3.8) is 0 Å². The Hall–Kier alpha value is -3.92. The molecule has 0 heterocycles. The summed E-state index contributed by atoms with van der Waals surface area (Å²) in [4.78, 5) is 10.1. The molecule has 3 aromatic carbocycles. The van der Waals surface area contributed by atoms with Crippen LogP contribution in [0.25, 0.3) is 0 Å². The van der Waals surface area contributed by atoms with E-state index in [1.165, 1.54) is 0 Å². The Labute approximate surface area is 202 Å². The Morgan fingerprint density at radius 2 is 1.09 bits per heavy atom. The molecule has 34 heavy (non-hydrogen) atoms. The fourth-order valence-corrected chi connectivity index (χ4v) is 3.94. The quantitative estimate of drug-likeness (QED) is 0.348. The molecule has 0 bridgehead atoms. The predicted octanol–water partition coefficient (Wildman–Crippen LogP) is 7.64. The summed E-state index contributed by atoms with van der Waals surface area (Å²) in [6.07, 6.45) is 5.23. The lowest BCUT2D eigenvalue weighted by molar-refractivity contribution is 0.522. The van der Waals surface area contributed by atoms with Crippen molar-refractivity contribution in [3.05, 3.63) is 115 Å². The zero-order valence-electron chi connectivity index (χ0n) is 20.1. The molecule has 3 aromatic rings. The monoisotopic (exact) mass is 448 g/mol. The van der Waals surface area contributed by atoms with Crippen LogP contribution < -0.4 is 10.6 Å². The molecule has 1 aliphatic carbocycles. The van der Waals surface area contributed by atoms with Crippen molar-refractivity contribution in [2.75, 3.05) is 10.6 Å². The largest absolute Gasteiger partial charge is 0.354 e. The van der Waals surface area contributed by atoms with Crippen LogP contribution in [0.5, 0.6) is 0 Å². The molecule has 1 unspecified atom stereocenters. The zero-order chi connectivity index (χ0) is 23.8. The Kier molecular flexibility index (Phi) is 7.71. The van der Waals surface area contributed by atoms with E-state index in [9.17, 15) is 0 Å². The maximum absolute atomic E-state index is 5.10. The molecule has 0 aromatic heterocycles. The van der Waals surface area contributed by atoms with E-state index in [0.29, 0.717) is 5.92 Å². The van der Waals surface area contributed by atoms with Gasteiger partial charge in [0.15, 0.2) is 0 Å². The van der Waals surface area contributed by atoms with Crippen molar-refractivity contribution in [2.24, 2.45) is 15.9 Å². The minimum Gasteiger partial charge on any atom is -0.354 e. The summed E-state index contributed by atoms with van der Waals surface area (Å²) in [5.41, 5.74) is 6.56. The Morgan fingerprint density at radius 1 is 0.618 bits per heavy atom. The molecular formula is C30H32N4. The average molecular weight is 449 g/mol. The van der Waals surface area contributed by atoms with Gasteiger partial charge in [-0.05, 0) is 67.8 Å². The molecule has 1 atom stereocenters. The van der Waals surface area contributed by atoms with Crippen molar-refractivity contribution < 1.29 is 0 Å². The molecule has 0 radical (unpaired) electrons. The Balaban J connectivity index is 1.77. The van der Waals surface area contributed by atoms with Gasteiger partial charge in [-0.15, -0.1) is 0 Å². The van der Waals surface area contributed by atoms with E-state index in [0.717, 1.165) is 46.3 Å². The molecule has 0 spiro atoms. The summed E-state index contributed by atoms with van der Waals surface area (Å²) in [5.74, 6) is 0.582. The van der Waals surface area contributed by atoms with Crippen molar-refractivity contribution in [1.82, 2.24) is 0 Å². The highest BCUT2D eigenvalue weighted by Crippen LogP contribution is 2.23. The van der Waals surface area contributed by atoms with Crippen LogP contribution >= 0.6 is 0 Å². The van der Waals surface area contributed by atoms with Crippen LogP contribution in [0.15, 0.2) is 125 Å². The molecular weight excluding hydrogens is 416 g/mol. The van der Waals surface area contributed by atoms with Gasteiger partial charge in [0.05, 0.1) is 28.5 Å². The number of aliphatic imine (C=N–C) groups is 2. The summed E-state index contributed by atoms with van der Waals surface area (Å²) < 4.78 is 0. The summed E-state index contributed by atoms with van der Waals surface area (Å²) in [5, 5.41) is 7.12. The third kappa shape index (κ3) is 6.55. The van der Waals surface area contributed by atoms with Crippen molar-refractivity contribution in [1.29, 1.82) is 0 Å². The van der Waals surface area contributed by atoms with Gasteiger partial charge in [0.1, 0.15) is 0 Å². The first-order valence-electron chi connectivity index (χ1n) is 11.9. The van der Waals surface area contributed by atoms with E-state index in [1.54, 1.807) is 0 Å². The maximum atomic E-state index is 5.10. The van der Waals surface area contributed by atoms with Gasteiger partial charge in [0.25, 0.3) is 0 Å². The van der Waals surface area contributed by atoms with E-state index in [1.807, 2.05) is 66.7 Å². The van der Waals surface area contributed by atoms with Crippen molar-refractivity contribution >= 4 is 28.5 Å². The normalized spacial score (nSPS) is 16.8. The van der Waals surface area contributed by atoms with Crippen LogP contribution in [0.2, 0.25) is 0 Å². The summed E-state index contributed by atoms with van der Waals surface area (Å²) in [7, 11) is 0. The highest BCUT2D eigenvalue weighted by Gasteiger charge is 2.19. The third-order valence-corrected chi connectivity index (χ3v) is 5.40. The van der Waals surface area contributed by atoms with E-state index in [-0.39, 0.29) is 6.04 Å². The number of hydrogen-bond donors (Lipinski definition) is 2. The SMILES string of the molecule is CC(C)CC(C)N=C1C=C(Nc2ccccc2)C(=Nc2ccccc2)C=C1Nc1ccccc1. The van der Waals surface area contributed by atoms with Crippen LogP contribution in [0.1, 0.15) is 27.2 Å². The number of nitrogens with one attached hydrogen (secondary N) is 2. The number of allylic oxidation sites excluding steroid dienone is 2. The predicted molar refractivity (Wildman–Crippen MR) is 146 cm³/mol. The molecule has 4 rings (SSSR count). The molecule has 4 heteroatoms. The molecule has 2 N–H and O–H groups in total. The number of anilines is 2. The lowest BCUT2D eigenvalue weighted by Gasteiger charge is -2.22. The first-order chi connectivity index (χ1) is 16.6. The van der Waals surface area contributed by atoms with Gasteiger partial charge >= 0.3 is 0 Å². The second kappa shape index (κ2) is 11.3. The second-order valence-corrected chi connectivity index (χ2v) is 8.92. The molecule has 0 fully saturated rings. The van der Waals surface area contributed by atoms with E-state index in [2.05, 4.69) is 67.8 Å². The highest BCUT2D eigenvalue weighted by atomic mass is 15.0. The molecule has 0 saturated carbocycles. The van der Waals surface area contributed by atoms with Crippen LogP contribution in [-0.2, 0) is 0 Å². The third-order valence-electron chi connectivity index (χ3n) is 5.40. The molecule has 172 valence electrons. The first-order valence-corrected chi connectivity index (χ1v) is 11.9. The summed E-state index contributed by atoms with van der Waals surface area (Å²) in [6, 6.07) is 30.6. The van der Waals surface area contributed by atoms with Gasteiger partial charge < -0.3 is 10.6 Å². The fraction of sp³-hybridized carbons (Fsp3) is 0.200. The molecule has 0 saturated heterocycles. The van der Waals surface area contributed by atoms with Gasteiger partial charge in [0, 0.05) is 17.4 Å². The lowest BCUT2D eigenvalue weighted by Crippen LogP contribution is -2.23. The number of para-hydroxylation sites is 3. The van der Waals surface area contributed by atoms with E-state index in [4.69, 9.17) is 9.98 Å². The smallest absolute Gasteiger partial charge is 0.0894 e. The standard InChI is InChI=1S/C30H32N4/c1-22(2)19-23(3)31-27-20-29(33-25-15-9-5-10-16-25)30(34-26-17-11-6-12-18-26)21-28(27)32-24-13-7-4-8-14-24/h4-18,20-23,32-33H,19H2,1-3H3.